The van der Waals surface area contributed by atoms with Crippen LogP contribution in [0.4, 0.5) is 5.69 Å². The molecule has 1 unspecified atom stereocenters. The number of benzene rings is 1. The van der Waals surface area contributed by atoms with E-state index < -0.39 is 50.0 Å². The zero-order valence-electron chi connectivity index (χ0n) is 12.4. The van der Waals surface area contributed by atoms with Gasteiger partial charge >= 0.3 is 5.97 Å². The second-order valence-electron chi connectivity index (χ2n) is 5.13. The number of likely N-dealkylation sites (tertiary alicyclic amines) is 1. The van der Waals surface area contributed by atoms with E-state index in [2.05, 4.69) is 0 Å². The van der Waals surface area contributed by atoms with E-state index in [0.29, 0.717) is 12.8 Å². The number of nitro benzene ring substituents is 1. The van der Waals surface area contributed by atoms with Crippen LogP contribution in [0.15, 0.2) is 29.2 Å². The van der Waals surface area contributed by atoms with E-state index in [0.717, 1.165) is 17.0 Å². The maximum Gasteiger partial charge on any atom is 0.326 e. The second-order valence-corrected chi connectivity index (χ2v) is 6.87. The number of nitrogens with zero attached hydrogens (tertiary/aromatic N) is 2. The number of carbonyl (C=O) groups excluding carboxylic acids is 1. The number of aliphatic carboxylic acids is 1. The van der Waals surface area contributed by atoms with Gasteiger partial charge in [-0.2, -0.15) is 0 Å². The van der Waals surface area contributed by atoms with E-state index in [1.54, 1.807) is 0 Å². The number of sulfonamides is 1. The molecule has 1 saturated heterocycles. The summed E-state index contributed by atoms with van der Waals surface area (Å²) in [5, 5.41) is 19.9. The van der Waals surface area contributed by atoms with E-state index in [1.807, 2.05) is 4.72 Å². The third-order valence-corrected chi connectivity index (χ3v) is 5.07. The monoisotopic (exact) mass is 357 g/mol. The molecule has 0 saturated carbocycles. The highest BCUT2D eigenvalue weighted by atomic mass is 32.2. The highest BCUT2D eigenvalue weighted by Gasteiger charge is 2.34. The van der Waals surface area contributed by atoms with Gasteiger partial charge in [-0.3, -0.25) is 14.9 Å². The zero-order chi connectivity index (χ0) is 17.9. The van der Waals surface area contributed by atoms with Crippen molar-refractivity contribution in [2.24, 2.45) is 0 Å². The summed E-state index contributed by atoms with van der Waals surface area (Å²) in [5.74, 6) is -1.84. The van der Waals surface area contributed by atoms with Crippen molar-refractivity contribution < 1.29 is 28.0 Å². The molecule has 0 bridgehead atoms. The molecule has 2 N–H and O–H groups in total. The van der Waals surface area contributed by atoms with Crippen LogP contribution in [-0.4, -0.2) is 54.4 Å². The first-order valence-corrected chi connectivity index (χ1v) is 8.47. The minimum Gasteiger partial charge on any atom is -0.480 e. The molecule has 2 rings (SSSR count). The molecule has 1 amide bonds. The van der Waals surface area contributed by atoms with Crippen LogP contribution < -0.4 is 4.72 Å². The highest BCUT2D eigenvalue weighted by molar-refractivity contribution is 7.89. The number of hydrogen-bond acceptors (Lipinski definition) is 6. The van der Waals surface area contributed by atoms with Crippen LogP contribution >= 0.6 is 0 Å². The molecular weight excluding hydrogens is 342 g/mol. The maximum absolute atomic E-state index is 12.2. The fourth-order valence-corrected chi connectivity index (χ4v) is 3.64. The van der Waals surface area contributed by atoms with Gasteiger partial charge < -0.3 is 10.0 Å². The molecule has 130 valence electrons. The molecule has 11 heteroatoms. The number of para-hydroxylation sites is 1. The van der Waals surface area contributed by atoms with Crippen LogP contribution in [0.5, 0.6) is 0 Å². The summed E-state index contributed by atoms with van der Waals surface area (Å²) in [6.07, 6.45) is 0.817. The Morgan fingerprint density at radius 3 is 2.67 bits per heavy atom. The molecule has 0 aromatic heterocycles. The number of nitro groups is 1. The van der Waals surface area contributed by atoms with Crippen molar-refractivity contribution in [1.82, 2.24) is 9.62 Å². The third kappa shape index (κ3) is 3.68. The Morgan fingerprint density at radius 2 is 2.04 bits per heavy atom. The first kappa shape index (κ1) is 17.8. The van der Waals surface area contributed by atoms with Crippen LogP contribution in [0.1, 0.15) is 12.8 Å². The van der Waals surface area contributed by atoms with E-state index in [-0.39, 0.29) is 6.54 Å². The number of rotatable bonds is 6. The average molecular weight is 357 g/mol. The maximum atomic E-state index is 12.2. The number of amides is 1. The van der Waals surface area contributed by atoms with Crippen molar-refractivity contribution in [3.05, 3.63) is 34.4 Å². The first-order valence-electron chi connectivity index (χ1n) is 6.99. The highest BCUT2D eigenvalue weighted by Crippen LogP contribution is 2.23. The lowest BCUT2D eigenvalue weighted by Crippen LogP contribution is -2.45. The van der Waals surface area contributed by atoms with E-state index in [4.69, 9.17) is 5.11 Å². The van der Waals surface area contributed by atoms with Crippen LogP contribution in [-0.2, 0) is 19.6 Å². The van der Waals surface area contributed by atoms with Gasteiger partial charge in [-0.05, 0) is 18.9 Å². The second kappa shape index (κ2) is 6.93. The lowest BCUT2D eigenvalue weighted by molar-refractivity contribution is -0.387. The summed E-state index contributed by atoms with van der Waals surface area (Å²) in [6, 6.07) is 3.76. The predicted molar refractivity (Wildman–Crippen MR) is 80.7 cm³/mol. The van der Waals surface area contributed by atoms with Gasteiger partial charge in [0.15, 0.2) is 4.90 Å². The van der Waals surface area contributed by atoms with Gasteiger partial charge in [0.25, 0.3) is 5.69 Å². The normalized spacial score (nSPS) is 17.7. The Morgan fingerprint density at radius 1 is 1.38 bits per heavy atom. The molecule has 10 nitrogen and oxygen atoms in total. The van der Waals surface area contributed by atoms with Crippen LogP contribution in [0.2, 0.25) is 0 Å². The van der Waals surface area contributed by atoms with Crippen LogP contribution in [0, 0.1) is 10.1 Å². The fourth-order valence-electron chi connectivity index (χ4n) is 2.49. The van der Waals surface area contributed by atoms with Crippen molar-refractivity contribution in [3.8, 4) is 0 Å². The van der Waals surface area contributed by atoms with Crippen molar-refractivity contribution in [1.29, 1.82) is 0 Å². The molecule has 1 heterocycles. The van der Waals surface area contributed by atoms with Gasteiger partial charge in [0.05, 0.1) is 11.5 Å². The summed E-state index contributed by atoms with van der Waals surface area (Å²) < 4.78 is 26.4. The van der Waals surface area contributed by atoms with Crippen LogP contribution in [0.3, 0.4) is 0 Å². The van der Waals surface area contributed by atoms with Crippen molar-refractivity contribution in [2.45, 2.75) is 23.8 Å². The molecule has 1 fully saturated rings. The lowest BCUT2D eigenvalue weighted by Gasteiger charge is -2.21. The minimum absolute atomic E-state index is 0.225. The zero-order valence-corrected chi connectivity index (χ0v) is 13.2. The summed E-state index contributed by atoms with van der Waals surface area (Å²) in [4.78, 5) is 33.7. The Bertz CT molecular complexity index is 778. The average Bonchev–Trinajstić information content (AvgIpc) is 3.02. The van der Waals surface area contributed by atoms with Crippen molar-refractivity contribution in [2.75, 3.05) is 13.1 Å². The molecule has 1 aromatic rings. The Labute approximate surface area is 137 Å². The largest absolute Gasteiger partial charge is 0.480 e. The molecular formula is C13H15N3O7S. The smallest absolute Gasteiger partial charge is 0.326 e. The van der Waals surface area contributed by atoms with E-state index >= 15 is 0 Å². The van der Waals surface area contributed by atoms with Gasteiger partial charge in [0, 0.05) is 12.6 Å². The molecule has 1 aliphatic rings. The Balaban J connectivity index is 2.12. The molecule has 1 aliphatic heterocycles. The minimum atomic E-state index is -4.28. The molecule has 1 aromatic carbocycles. The van der Waals surface area contributed by atoms with E-state index in [1.165, 1.54) is 12.1 Å². The Hall–Kier alpha value is -2.53. The summed E-state index contributed by atoms with van der Waals surface area (Å²) in [7, 11) is -4.28. The quantitative estimate of drug-likeness (QED) is 0.536. The number of nitrogens with one attached hydrogen (secondary N) is 1. The molecule has 1 atom stereocenters. The molecule has 0 aliphatic carbocycles. The van der Waals surface area contributed by atoms with Crippen LogP contribution in [0.25, 0.3) is 0 Å². The number of carboxylic acid groups (broad SMARTS) is 1. The lowest BCUT2D eigenvalue weighted by atomic mass is 10.2. The Kier molecular flexibility index (Phi) is 5.14. The van der Waals surface area contributed by atoms with Crippen molar-refractivity contribution in [3.63, 3.8) is 0 Å². The number of carbonyl (C=O) groups is 2. The van der Waals surface area contributed by atoms with Gasteiger partial charge in [-0.25, -0.2) is 17.9 Å². The summed E-state index contributed by atoms with van der Waals surface area (Å²) in [6.45, 7) is -0.443. The SMILES string of the molecule is O=C(O)C1CCCN1C(=O)CNS(=O)(=O)c1ccccc1[N+](=O)[O-]. The molecule has 0 spiro atoms. The summed E-state index contributed by atoms with van der Waals surface area (Å²) in [5.41, 5.74) is -0.609. The third-order valence-electron chi connectivity index (χ3n) is 3.62. The van der Waals surface area contributed by atoms with Crippen molar-refractivity contribution >= 4 is 27.6 Å². The topological polar surface area (TPSA) is 147 Å². The summed E-state index contributed by atoms with van der Waals surface area (Å²) >= 11 is 0. The van der Waals surface area contributed by atoms with Gasteiger partial charge in [0.2, 0.25) is 15.9 Å². The standard InChI is InChI=1S/C13H15N3O7S/c17-12(15-7-3-5-10(15)13(18)19)8-14-24(22,23)11-6-2-1-4-9(11)16(20)21/h1-2,4,6,10,14H,3,5,7-8H2,(H,18,19). The predicted octanol–water partition coefficient (Wildman–Crippen LogP) is -0.0513. The van der Waals surface area contributed by atoms with Gasteiger partial charge in [-0.1, -0.05) is 12.1 Å². The van der Waals surface area contributed by atoms with Gasteiger partial charge in [-0.15, -0.1) is 0 Å². The number of carboxylic acids is 1. The number of hydrogen-bond donors (Lipinski definition) is 2. The molecule has 0 radical (unpaired) electrons. The van der Waals surface area contributed by atoms with Gasteiger partial charge in [0.1, 0.15) is 6.04 Å². The first-order chi connectivity index (χ1) is 11.2. The fraction of sp³-hybridized carbons (Fsp3) is 0.385. The molecule has 24 heavy (non-hydrogen) atoms. The van der Waals surface area contributed by atoms with E-state index in [9.17, 15) is 28.1 Å².